The highest BCUT2D eigenvalue weighted by molar-refractivity contribution is 7.88. The molecule has 1 aliphatic heterocycles. The summed E-state index contributed by atoms with van der Waals surface area (Å²) in [6.07, 6.45) is 5.34. The Labute approximate surface area is 123 Å². The maximum Gasteiger partial charge on any atom is 0.245 e. The minimum absolute atomic E-state index is 0.334. The first-order valence-corrected chi connectivity index (χ1v) is 8.62. The second-order valence-corrected chi connectivity index (χ2v) is 6.99. The smallest absolute Gasteiger partial charge is 0.245 e. The van der Waals surface area contributed by atoms with E-state index < -0.39 is 10.0 Å². The molecule has 0 N–H and O–H groups in total. The Morgan fingerprint density at radius 3 is 2.90 bits per heavy atom. The number of nitrogens with zero attached hydrogens (tertiary/aromatic N) is 4. The van der Waals surface area contributed by atoms with Gasteiger partial charge in [0.15, 0.2) is 0 Å². The van der Waals surface area contributed by atoms with E-state index in [9.17, 15) is 8.42 Å². The van der Waals surface area contributed by atoms with Gasteiger partial charge < -0.3 is 4.52 Å². The molecule has 1 saturated heterocycles. The number of sulfonamides is 1. The number of aromatic nitrogens is 3. The molecule has 0 spiro atoms. The molecule has 0 saturated carbocycles. The maximum atomic E-state index is 11.9. The van der Waals surface area contributed by atoms with Gasteiger partial charge in [-0.25, -0.2) is 8.42 Å². The monoisotopic (exact) mass is 308 g/mol. The molecule has 8 heteroatoms. The van der Waals surface area contributed by atoms with Crippen LogP contribution in [0.4, 0.5) is 0 Å². The molecule has 2 aromatic heterocycles. The standard InChI is InChI=1S/C13H16N4O3S/c1-21(18,19)17-9-5-3-7-11(17)13-15-12(16-20-13)10-6-2-4-8-14-10/h2,4,6,8,11H,3,5,7,9H2,1H3. The molecule has 112 valence electrons. The summed E-state index contributed by atoms with van der Waals surface area (Å²) in [7, 11) is -3.29. The third-order valence-corrected chi connectivity index (χ3v) is 4.79. The zero-order chi connectivity index (χ0) is 14.9. The molecule has 2 aromatic rings. The highest BCUT2D eigenvalue weighted by Crippen LogP contribution is 2.32. The van der Waals surface area contributed by atoms with E-state index in [4.69, 9.17) is 4.52 Å². The Kier molecular flexibility index (Phi) is 3.73. The van der Waals surface area contributed by atoms with Crippen molar-refractivity contribution in [2.24, 2.45) is 0 Å². The van der Waals surface area contributed by atoms with E-state index in [0.717, 1.165) is 12.8 Å². The fourth-order valence-corrected chi connectivity index (χ4v) is 3.64. The van der Waals surface area contributed by atoms with Gasteiger partial charge in [-0.2, -0.15) is 9.29 Å². The highest BCUT2D eigenvalue weighted by Gasteiger charge is 2.34. The van der Waals surface area contributed by atoms with Crippen LogP contribution in [0, 0.1) is 0 Å². The van der Waals surface area contributed by atoms with Crippen molar-refractivity contribution in [1.82, 2.24) is 19.4 Å². The zero-order valence-corrected chi connectivity index (χ0v) is 12.5. The minimum atomic E-state index is -3.29. The number of piperidine rings is 1. The van der Waals surface area contributed by atoms with Crippen LogP contribution in [0.3, 0.4) is 0 Å². The van der Waals surface area contributed by atoms with Crippen molar-refractivity contribution in [3.05, 3.63) is 30.3 Å². The molecule has 0 radical (unpaired) electrons. The Hall–Kier alpha value is -1.80. The number of pyridine rings is 1. The van der Waals surface area contributed by atoms with Crippen LogP contribution in [0.15, 0.2) is 28.9 Å². The summed E-state index contributed by atoms with van der Waals surface area (Å²) in [5, 5.41) is 3.91. The normalized spacial score (nSPS) is 20.5. The van der Waals surface area contributed by atoms with E-state index in [1.54, 1.807) is 18.3 Å². The van der Waals surface area contributed by atoms with Gasteiger partial charge in [0.1, 0.15) is 11.7 Å². The molecular weight excluding hydrogens is 292 g/mol. The lowest BCUT2D eigenvalue weighted by Gasteiger charge is -2.30. The average molecular weight is 308 g/mol. The lowest BCUT2D eigenvalue weighted by molar-refractivity contribution is 0.205. The number of rotatable bonds is 3. The summed E-state index contributed by atoms with van der Waals surface area (Å²) < 4.78 is 30.5. The minimum Gasteiger partial charge on any atom is -0.337 e. The molecule has 21 heavy (non-hydrogen) atoms. The highest BCUT2D eigenvalue weighted by atomic mass is 32.2. The topological polar surface area (TPSA) is 89.2 Å². The molecule has 3 rings (SSSR count). The van der Waals surface area contributed by atoms with E-state index >= 15 is 0 Å². The van der Waals surface area contributed by atoms with Gasteiger partial charge in [0.25, 0.3) is 0 Å². The summed E-state index contributed by atoms with van der Waals surface area (Å²) in [4.78, 5) is 8.48. The van der Waals surface area contributed by atoms with E-state index in [2.05, 4.69) is 15.1 Å². The van der Waals surface area contributed by atoms with E-state index in [1.807, 2.05) is 6.07 Å². The Morgan fingerprint density at radius 2 is 2.19 bits per heavy atom. The maximum absolute atomic E-state index is 11.9. The predicted octanol–water partition coefficient (Wildman–Crippen LogP) is 1.62. The molecule has 1 aliphatic rings. The summed E-state index contributed by atoms with van der Waals surface area (Å²) in [5.74, 6) is 0.713. The Morgan fingerprint density at radius 1 is 1.33 bits per heavy atom. The van der Waals surface area contributed by atoms with Gasteiger partial charge in [0.2, 0.25) is 21.7 Å². The van der Waals surface area contributed by atoms with Crippen molar-refractivity contribution in [1.29, 1.82) is 0 Å². The largest absolute Gasteiger partial charge is 0.337 e. The van der Waals surface area contributed by atoms with Gasteiger partial charge in [0.05, 0.1) is 6.26 Å². The van der Waals surface area contributed by atoms with Crippen LogP contribution in [0.5, 0.6) is 0 Å². The molecule has 7 nitrogen and oxygen atoms in total. The van der Waals surface area contributed by atoms with Gasteiger partial charge in [-0.15, -0.1) is 0 Å². The summed E-state index contributed by atoms with van der Waals surface area (Å²) in [5.41, 5.74) is 0.606. The van der Waals surface area contributed by atoms with E-state index in [0.29, 0.717) is 30.4 Å². The van der Waals surface area contributed by atoms with E-state index in [-0.39, 0.29) is 6.04 Å². The average Bonchev–Trinajstić information content (AvgIpc) is 2.97. The lowest BCUT2D eigenvalue weighted by atomic mass is 10.1. The second-order valence-electron chi connectivity index (χ2n) is 5.06. The van der Waals surface area contributed by atoms with Gasteiger partial charge >= 0.3 is 0 Å². The van der Waals surface area contributed by atoms with Gasteiger partial charge in [-0.05, 0) is 25.0 Å². The molecular formula is C13H16N4O3S. The van der Waals surface area contributed by atoms with Crippen LogP contribution in [0.1, 0.15) is 31.2 Å². The fraction of sp³-hybridized carbons (Fsp3) is 0.462. The molecule has 1 unspecified atom stereocenters. The van der Waals surface area contributed by atoms with E-state index in [1.165, 1.54) is 10.6 Å². The van der Waals surface area contributed by atoms with Crippen molar-refractivity contribution in [3.63, 3.8) is 0 Å². The second kappa shape index (κ2) is 5.53. The molecule has 3 heterocycles. The summed E-state index contributed by atoms with van der Waals surface area (Å²) in [6, 6.07) is 5.04. The van der Waals surface area contributed by atoms with Crippen molar-refractivity contribution < 1.29 is 12.9 Å². The first-order chi connectivity index (χ1) is 10.1. The molecule has 0 aromatic carbocycles. The zero-order valence-electron chi connectivity index (χ0n) is 11.6. The van der Waals surface area contributed by atoms with Crippen molar-refractivity contribution in [3.8, 4) is 11.5 Å². The van der Waals surface area contributed by atoms with Crippen LogP contribution < -0.4 is 0 Å². The van der Waals surface area contributed by atoms with Crippen LogP contribution in [0.25, 0.3) is 11.5 Å². The van der Waals surface area contributed by atoms with Crippen LogP contribution in [-0.4, -0.2) is 40.6 Å². The van der Waals surface area contributed by atoms with Crippen LogP contribution in [-0.2, 0) is 10.0 Å². The number of hydrogen-bond acceptors (Lipinski definition) is 6. The SMILES string of the molecule is CS(=O)(=O)N1CCCCC1c1nc(-c2ccccn2)no1. The Balaban J connectivity index is 1.91. The summed E-state index contributed by atoms with van der Waals surface area (Å²) in [6.45, 7) is 0.491. The van der Waals surface area contributed by atoms with Crippen LogP contribution in [0.2, 0.25) is 0 Å². The van der Waals surface area contributed by atoms with Crippen molar-refractivity contribution in [2.75, 3.05) is 12.8 Å². The molecule has 1 fully saturated rings. The summed E-state index contributed by atoms with van der Waals surface area (Å²) >= 11 is 0. The van der Waals surface area contributed by atoms with Crippen LogP contribution >= 0.6 is 0 Å². The first kappa shape index (κ1) is 14.2. The van der Waals surface area contributed by atoms with Crippen molar-refractivity contribution >= 4 is 10.0 Å². The third kappa shape index (κ3) is 2.96. The number of hydrogen-bond donors (Lipinski definition) is 0. The molecule has 1 atom stereocenters. The molecule has 0 amide bonds. The predicted molar refractivity (Wildman–Crippen MR) is 75.7 cm³/mol. The fourth-order valence-electron chi connectivity index (χ4n) is 2.52. The quantitative estimate of drug-likeness (QED) is 0.856. The molecule has 0 bridgehead atoms. The lowest BCUT2D eigenvalue weighted by Crippen LogP contribution is -2.37. The van der Waals surface area contributed by atoms with Crippen molar-refractivity contribution in [2.45, 2.75) is 25.3 Å². The van der Waals surface area contributed by atoms with Gasteiger partial charge in [0, 0.05) is 12.7 Å². The third-order valence-electron chi connectivity index (χ3n) is 3.50. The van der Waals surface area contributed by atoms with Gasteiger partial charge in [-0.3, -0.25) is 4.98 Å². The first-order valence-electron chi connectivity index (χ1n) is 6.77. The molecule has 0 aliphatic carbocycles. The van der Waals surface area contributed by atoms with Gasteiger partial charge in [-0.1, -0.05) is 17.6 Å². The Bertz CT molecular complexity index is 714.